The Morgan fingerprint density at radius 1 is 1.09 bits per heavy atom. The molecule has 45 heavy (non-hydrogen) atoms. The standard InChI is InChI=1S/C31H33ClN8O4S/c1-18-15-22(19(2)33-25-9-10-26(32)34-28(25)29(41)37-45(4,43)44)27-23(16-18)30(42)38(3)31(35-27)39-13-11-21(12-14-39)40-17-20-7-5-6-8-24(20)36-40/h5-10,15-17,19,21,33H,11-14H2,1-4H3,(H,37,41)/t19-/m1/s1. The van der Waals surface area contributed by atoms with Crippen molar-refractivity contribution in [3.8, 4) is 0 Å². The van der Waals surface area contributed by atoms with Gasteiger partial charge in [0.15, 0.2) is 5.69 Å². The summed E-state index contributed by atoms with van der Waals surface area (Å²) in [6.07, 6.45) is 4.68. The van der Waals surface area contributed by atoms with Crippen LogP contribution in [0.1, 0.15) is 53.5 Å². The van der Waals surface area contributed by atoms with Crippen molar-refractivity contribution in [3.05, 3.63) is 87.1 Å². The van der Waals surface area contributed by atoms with E-state index in [-0.39, 0.29) is 28.1 Å². The van der Waals surface area contributed by atoms with E-state index in [0.717, 1.165) is 41.1 Å². The van der Waals surface area contributed by atoms with Crippen LogP contribution in [-0.4, -0.2) is 58.0 Å². The minimum atomic E-state index is -3.83. The number of pyridine rings is 1. The molecule has 0 saturated carbocycles. The summed E-state index contributed by atoms with van der Waals surface area (Å²) in [4.78, 5) is 37.7. The molecule has 1 fully saturated rings. The number of nitrogens with zero attached hydrogens (tertiary/aromatic N) is 6. The Morgan fingerprint density at radius 3 is 2.53 bits per heavy atom. The number of rotatable bonds is 7. The average Bonchev–Trinajstić information content (AvgIpc) is 3.43. The van der Waals surface area contributed by atoms with E-state index in [2.05, 4.69) is 32.1 Å². The molecule has 1 amide bonds. The molecule has 2 aromatic carbocycles. The number of nitrogens with one attached hydrogen (secondary N) is 2. The first-order chi connectivity index (χ1) is 21.4. The van der Waals surface area contributed by atoms with Gasteiger partial charge in [-0.25, -0.2) is 23.1 Å². The zero-order chi connectivity index (χ0) is 32.0. The van der Waals surface area contributed by atoms with Gasteiger partial charge in [-0.1, -0.05) is 35.9 Å². The maximum absolute atomic E-state index is 13.7. The van der Waals surface area contributed by atoms with Crippen LogP contribution >= 0.6 is 11.6 Å². The Kier molecular flexibility index (Phi) is 8.00. The highest BCUT2D eigenvalue weighted by molar-refractivity contribution is 7.89. The Balaban J connectivity index is 1.31. The largest absolute Gasteiger partial charge is 0.377 e. The average molecular weight is 649 g/mol. The third kappa shape index (κ3) is 6.22. The van der Waals surface area contributed by atoms with Gasteiger partial charge >= 0.3 is 0 Å². The number of hydrogen-bond donors (Lipinski definition) is 2. The first-order valence-corrected chi connectivity index (χ1v) is 16.8. The first kappa shape index (κ1) is 30.5. The molecule has 4 heterocycles. The van der Waals surface area contributed by atoms with E-state index in [4.69, 9.17) is 21.7 Å². The van der Waals surface area contributed by atoms with Gasteiger partial charge in [0.2, 0.25) is 16.0 Å². The molecule has 234 valence electrons. The molecule has 14 heteroatoms. The molecular formula is C31H33ClN8O4S. The van der Waals surface area contributed by atoms with Crippen molar-refractivity contribution in [1.82, 2.24) is 29.0 Å². The number of benzene rings is 2. The number of anilines is 2. The van der Waals surface area contributed by atoms with Gasteiger partial charge in [-0.3, -0.25) is 18.8 Å². The number of carbonyl (C=O) groups excluding carboxylic acids is 1. The van der Waals surface area contributed by atoms with Gasteiger partial charge < -0.3 is 10.2 Å². The van der Waals surface area contributed by atoms with Crippen LogP contribution < -0.4 is 20.5 Å². The molecule has 5 aromatic rings. The molecule has 3 aromatic heterocycles. The molecule has 1 atom stereocenters. The molecule has 6 rings (SSSR count). The molecule has 0 unspecified atom stereocenters. The lowest BCUT2D eigenvalue weighted by molar-refractivity contribution is 0.0977. The summed E-state index contributed by atoms with van der Waals surface area (Å²) in [5.41, 5.74) is 3.08. The lowest BCUT2D eigenvalue weighted by atomic mass is 10.0. The summed E-state index contributed by atoms with van der Waals surface area (Å²) in [5, 5.41) is 9.66. The molecule has 0 radical (unpaired) electrons. The van der Waals surface area contributed by atoms with Crippen LogP contribution in [0.5, 0.6) is 0 Å². The summed E-state index contributed by atoms with van der Waals surface area (Å²) < 4.78 is 29.0. The van der Waals surface area contributed by atoms with Gasteiger partial charge in [0.05, 0.1) is 40.4 Å². The summed E-state index contributed by atoms with van der Waals surface area (Å²) in [6.45, 7) is 5.19. The number of amides is 1. The zero-order valence-electron chi connectivity index (χ0n) is 25.3. The second-order valence-electron chi connectivity index (χ2n) is 11.5. The van der Waals surface area contributed by atoms with Gasteiger partial charge in [-0.05, 0) is 56.5 Å². The number of aromatic nitrogens is 5. The van der Waals surface area contributed by atoms with Crippen LogP contribution in [0.25, 0.3) is 21.8 Å². The SMILES string of the molecule is Cc1cc([C@@H](C)Nc2ccc(Cl)nc2C(=O)NS(C)(=O)=O)c2nc(N3CCC(n4cc5ccccc5n4)CC3)n(C)c(=O)c2c1. The molecule has 1 aliphatic rings. The van der Waals surface area contributed by atoms with E-state index in [9.17, 15) is 18.0 Å². The highest BCUT2D eigenvalue weighted by Gasteiger charge is 2.26. The summed E-state index contributed by atoms with van der Waals surface area (Å²) >= 11 is 6.05. The van der Waals surface area contributed by atoms with Gasteiger partial charge in [0, 0.05) is 37.3 Å². The van der Waals surface area contributed by atoms with Crippen molar-refractivity contribution in [2.24, 2.45) is 7.05 Å². The van der Waals surface area contributed by atoms with Crippen LogP contribution in [0.2, 0.25) is 5.15 Å². The van der Waals surface area contributed by atoms with Gasteiger partial charge in [-0.2, -0.15) is 5.10 Å². The van der Waals surface area contributed by atoms with Crippen LogP contribution in [0.15, 0.2) is 59.5 Å². The maximum Gasteiger partial charge on any atom is 0.285 e. The minimum Gasteiger partial charge on any atom is -0.377 e. The first-order valence-electron chi connectivity index (χ1n) is 14.5. The minimum absolute atomic E-state index is 0.0345. The fraction of sp³-hybridized carbons (Fsp3) is 0.323. The Morgan fingerprint density at radius 2 is 1.82 bits per heavy atom. The van der Waals surface area contributed by atoms with Gasteiger partial charge in [-0.15, -0.1) is 0 Å². The van der Waals surface area contributed by atoms with E-state index >= 15 is 0 Å². The van der Waals surface area contributed by atoms with E-state index < -0.39 is 22.0 Å². The highest BCUT2D eigenvalue weighted by Crippen LogP contribution is 2.31. The second-order valence-corrected chi connectivity index (χ2v) is 13.6. The van der Waals surface area contributed by atoms with Gasteiger partial charge in [0.25, 0.3) is 11.5 Å². The fourth-order valence-electron chi connectivity index (χ4n) is 5.91. The summed E-state index contributed by atoms with van der Waals surface area (Å²) in [5.74, 6) is -0.333. The monoisotopic (exact) mass is 648 g/mol. The molecular weight excluding hydrogens is 616 g/mol. The maximum atomic E-state index is 13.7. The molecule has 0 bridgehead atoms. The second kappa shape index (κ2) is 11.8. The third-order valence-electron chi connectivity index (χ3n) is 8.08. The van der Waals surface area contributed by atoms with Crippen molar-refractivity contribution in [1.29, 1.82) is 0 Å². The summed E-state index contributed by atoms with van der Waals surface area (Å²) in [6, 6.07) is 14.7. The van der Waals surface area contributed by atoms with Crippen molar-refractivity contribution >= 4 is 61.0 Å². The molecule has 12 nitrogen and oxygen atoms in total. The molecule has 1 aliphatic heterocycles. The van der Waals surface area contributed by atoms with Crippen LogP contribution in [0.3, 0.4) is 0 Å². The third-order valence-corrected chi connectivity index (χ3v) is 8.84. The predicted molar refractivity (Wildman–Crippen MR) is 176 cm³/mol. The van der Waals surface area contributed by atoms with E-state index in [1.54, 1.807) is 17.7 Å². The molecule has 0 aliphatic carbocycles. The van der Waals surface area contributed by atoms with Gasteiger partial charge in [0.1, 0.15) is 5.15 Å². The summed E-state index contributed by atoms with van der Waals surface area (Å²) in [7, 11) is -2.09. The zero-order valence-corrected chi connectivity index (χ0v) is 26.9. The molecule has 1 saturated heterocycles. The Labute approximate surface area is 265 Å². The van der Waals surface area contributed by atoms with Crippen molar-refractivity contribution in [2.75, 3.05) is 29.6 Å². The fourth-order valence-corrected chi connectivity index (χ4v) is 6.49. The number of piperidine rings is 1. The Bertz CT molecular complexity index is 2090. The van der Waals surface area contributed by atoms with Crippen LogP contribution in [-0.2, 0) is 17.1 Å². The van der Waals surface area contributed by atoms with Crippen LogP contribution in [0, 0.1) is 6.92 Å². The number of aryl methyl sites for hydroxylation is 1. The number of halogens is 1. The smallest absolute Gasteiger partial charge is 0.285 e. The Hall–Kier alpha value is -4.49. The van der Waals surface area contributed by atoms with Crippen molar-refractivity contribution in [2.45, 2.75) is 38.8 Å². The number of carbonyl (C=O) groups is 1. The lowest BCUT2D eigenvalue weighted by Crippen LogP contribution is -2.39. The van der Waals surface area contributed by atoms with E-state index in [1.165, 1.54) is 6.07 Å². The predicted octanol–water partition coefficient (Wildman–Crippen LogP) is 4.34. The quantitative estimate of drug-likeness (QED) is 0.246. The van der Waals surface area contributed by atoms with E-state index in [0.29, 0.717) is 29.9 Å². The topological polar surface area (TPSA) is 144 Å². The van der Waals surface area contributed by atoms with Crippen LogP contribution in [0.4, 0.5) is 11.6 Å². The lowest BCUT2D eigenvalue weighted by Gasteiger charge is -2.33. The number of hydrogen-bond acceptors (Lipinski definition) is 9. The normalized spacial score (nSPS) is 15.0. The highest BCUT2D eigenvalue weighted by atomic mass is 35.5. The number of fused-ring (bicyclic) bond motifs is 2. The van der Waals surface area contributed by atoms with Crippen molar-refractivity contribution in [3.63, 3.8) is 0 Å². The molecule has 0 spiro atoms. The number of sulfonamides is 1. The van der Waals surface area contributed by atoms with Crippen molar-refractivity contribution < 1.29 is 13.2 Å². The van der Waals surface area contributed by atoms with E-state index in [1.807, 2.05) is 48.9 Å². The molecule has 2 N–H and O–H groups in total.